The second kappa shape index (κ2) is 53.7. The van der Waals surface area contributed by atoms with Gasteiger partial charge in [-0.1, -0.05) is 274 Å². The maximum Gasteiger partial charge on any atom is 0.220 e. The van der Waals surface area contributed by atoms with Gasteiger partial charge in [0, 0.05) is 6.42 Å². The summed E-state index contributed by atoms with van der Waals surface area (Å²) in [6.45, 7) is 4.30. The van der Waals surface area contributed by atoms with E-state index >= 15 is 0 Å². The van der Waals surface area contributed by atoms with E-state index in [0.29, 0.717) is 6.42 Å². The van der Waals surface area contributed by atoms with E-state index in [1.165, 1.54) is 231 Å². The van der Waals surface area contributed by atoms with Gasteiger partial charge in [0.25, 0.3) is 0 Å². The van der Waals surface area contributed by atoms with Gasteiger partial charge in [-0.15, -0.1) is 0 Å². The molecule has 0 aliphatic rings. The summed E-state index contributed by atoms with van der Waals surface area (Å²) in [5.41, 5.74) is 0. The predicted molar refractivity (Wildman–Crippen MR) is 276 cm³/mol. The molecule has 4 nitrogen and oxygen atoms in total. The van der Waals surface area contributed by atoms with E-state index in [4.69, 9.17) is 0 Å². The molecule has 0 heterocycles. The van der Waals surface area contributed by atoms with Crippen molar-refractivity contribution in [3.8, 4) is 0 Å². The number of unbranched alkanes of at least 4 members (excludes halogenated alkanes) is 38. The standard InChI is InChI=1S/C58H109NO3/c1-3-5-7-9-11-13-15-17-19-21-23-24-25-26-27-28-29-30-31-32-33-34-35-36-37-39-41-43-45-47-49-51-53-57(61)56(55-60)59-58(62)54-52-50-48-46-44-42-40-38-22-20-18-16-14-12-10-8-6-4-2/h14,16,20,22,43,45,51,53,56-57,60-61H,3-13,15,17-19,21,23-42,44,46-50,52,54-55H2,1-2H3,(H,59,62)/b16-14-,22-20-,45-43+,53-51+. The average Bonchev–Trinajstić information content (AvgIpc) is 3.28. The van der Waals surface area contributed by atoms with Gasteiger partial charge in [-0.05, 0) is 64.2 Å². The van der Waals surface area contributed by atoms with Gasteiger partial charge in [0.2, 0.25) is 5.91 Å². The molecule has 0 aromatic rings. The molecule has 0 saturated carbocycles. The van der Waals surface area contributed by atoms with Crippen LogP contribution in [-0.2, 0) is 4.79 Å². The molecular formula is C58H109NO3. The molecular weight excluding hydrogens is 759 g/mol. The second-order valence-corrected chi connectivity index (χ2v) is 19.0. The maximum atomic E-state index is 12.4. The molecule has 0 spiro atoms. The van der Waals surface area contributed by atoms with E-state index in [0.717, 1.165) is 44.9 Å². The third-order valence-corrected chi connectivity index (χ3v) is 12.8. The van der Waals surface area contributed by atoms with Gasteiger partial charge in [0.1, 0.15) is 0 Å². The van der Waals surface area contributed by atoms with Crippen LogP contribution in [0.3, 0.4) is 0 Å². The minimum absolute atomic E-state index is 0.0800. The van der Waals surface area contributed by atoms with Crippen molar-refractivity contribution in [2.75, 3.05) is 6.61 Å². The highest BCUT2D eigenvalue weighted by atomic mass is 16.3. The molecule has 0 saturated heterocycles. The molecule has 0 radical (unpaired) electrons. The van der Waals surface area contributed by atoms with Crippen LogP contribution in [-0.4, -0.2) is 34.9 Å². The SMILES string of the molecule is CCCCCC/C=C\C/C=C\CCCCCCCCCC(=O)NC(CO)C(O)/C=C/CC/C=C/CCCCCCCCCCCCCCCCCCCCCCCCCCCC. The van der Waals surface area contributed by atoms with Crippen molar-refractivity contribution < 1.29 is 15.0 Å². The smallest absolute Gasteiger partial charge is 0.220 e. The van der Waals surface area contributed by atoms with Crippen LogP contribution in [0, 0.1) is 0 Å². The molecule has 3 N–H and O–H groups in total. The minimum Gasteiger partial charge on any atom is -0.394 e. The summed E-state index contributed by atoms with van der Waals surface area (Å²) in [5, 5.41) is 23.1. The Morgan fingerprint density at radius 1 is 0.387 bits per heavy atom. The van der Waals surface area contributed by atoms with Crippen LogP contribution < -0.4 is 5.32 Å². The summed E-state index contributed by atoms with van der Waals surface area (Å²) < 4.78 is 0. The minimum atomic E-state index is -0.867. The topological polar surface area (TPSA) is 69.6 Å². The number of hydrogen-bond acceptors (Lipinski definition) is 3. The lowest BCUT2D eigenvalue weighted by molar-refractivity contribution is -0.123. The number of hydrogen-bond donors (Lipinski definition) is 3. The number of aliphatic hydroxyl groups excluding tert-OH is 2. The summed E-state index contributed by atoms with van der Waals surface area (Å²) in [7, 11) is 0. The zero-order valence-corrected chi connectivity index (χ0v) is 41.9. The van der Waals surface area contributed by atoms with E-state index in [1.807, 2.05) is 6.08 Å². The van der Waals surface area contributed by atoms with Crippen molar-refractivity contribution in [1.29, 1.82) is 0 Å². The van der Waals surface area contributed by atoms with Crippen LogP contribution in [0.15, 0.2) is 48.6 Å². The fourth-order valence-electron chi connectivity index (χ4n) is 8.52. The monoisotopic (exact) mass is 868 g/mol. The number of nitrogens with one attached hydrogen (secondary N) is 1. The van der Waals surface area contributed by atoms with Crippen LogP contribution >= 0.6 is 0 Å². The molecule has 0 bridgehead atoms. The molecule has 2 atom stereocenters. The van der Waals surface area contributed by atoms with Crippen LogP contribution in [0.2, 0.25) is 0 Å². The van der Waals surface area contributed by atoms with Crippen molar-refractivity contribution in [3.63, 3.8) is 0 Å². The molecule has 0 rings (SSSR count). The van der Waals surface area contributed by atoms with Crippen molar-refractivity contribution in [2.45, 2.75) is 309 Å². The zero-order chi connectivity index (χ0) is 44.9. The number of carbonyl (C=O) groups is 1. The van der Waals surface area contributed by atoms with Crippen LogP contribution in [0.5, 0.6) is 0 Å². The summed E-state index contributed by atoms with van der Waals surface area (Å²) in [4.78, 5) is 12.4. The summed E-state index contributed by atoms with van der Waals surface area (Å²) >= 11 is 0. The van der Waals surface area contributed by atoms with Gasteiger partial charge in [-0.25, -0.2) is 0 Å². The highest BCUT2D eigenvalue weighted by molar-refractivity contribution is 5.76. The summed E-state index contributed by atoms with van der Waals surface area (Å²) in [5.74, 6) is -0.0800. The van der Waals surface area contributed by atoms with Gasteiger partial charge in [0.15, 0.2) is 0 Å². The fraction of sp³-hybridized carbons (Fsp3) is 0.845. The highest BCUT2D eigenvalue weighted by Gasteiger charge is 2.18. The van der Waals surface area contributed by atoms with Crippen molar-refractivity contribution in [3.05, 3.63) is 48.6 Å². The van der Waals surface area contributed by atoms with Crippen molar-refractivity contribution >= 4 is 5.91 Å². The molecule has 0 aromatic carbocycles. The molecule has 0 aliphatic carbocycles. The first-order chi connectivity index (χ1) is 30.7. The fourth-order valence-corrected chi connectivity index (χ4v) is 8.52. The first-order valence-electron chi connectivity index (χ1n) is 27.9. The Hall–Kier alpha value is -1.65. The highest BCUT2D eigenvalue weighted by Crippen LogP contribution is 2.17. The van der Waals surface area contributed by atoms with E-state index in [1.54, 1.807) is 6.08 Å². The Labute approximate surface area is 388 Å². The van der Waals surface area contributed by atoms with Gasteiger partial charge < -0.3 is 15.5 Å². The molecule has 62 heavy (non-hydrogen) atoms. The van der Waals surface area contributed by atoms with Crippen molar-refractivity contribution in [2.24, 2.45) is 0 Å². The van der Waals surface area contributed by atoms with E-state index in [2.05, 4.69) is 55.6 Å². The van der Waals surface area contributed by atoms with E-state index < -0.39 is 12.1 Å². The predicted octanol–water partition coefficient (Wildman–Crippen LogP) is 18.3. The lowest BCUT2D eigenvalue weighted by atomic mass is 10.0. The number of aliphatic hydroxyl groups is 2. The number of rotatable bonds is 51. The van der Waals surface area contributed by atoms with Crippen LogP contribution in [0.1, 0.15) is 296 Å². The van der Waals surface area contributed by atoms with Gasteiger partial charge in [0.05, 0.1) is 18.8 Å². The first-order valence-corrected chi connectivity index (χ1v) is 27.9. The molecule has 0 fully saturated rings. The summed E-state index contributed by atoms with van der Waals surface area (Å²) in [6, 6.07) is -0.645. The number of amides is 1. The zero-order valence-electron chi connectivity index (χ0n) is 41.9. The third-order valence-electron chi connectivity index (χ3n) is 12.8. The molecule has 0 aromatic heterocycles. The molecule has 1 amide bonds. The quantitative estimate of drug-likeness (QED) is 0.0421. The lowest BCUT2D eigenvalue weighted by Gasteiger charge is -2.19. The maximum absolute atomic E-state index is 12.4. The van der Waals surface area contributed by atoms with Gasteiger partial charge >= 0.3 is 0 Å². The number of allylic oxidation sites excluding steroid dienone is 7. The first kappa shape index (κ1) is 60.4. The largest absolute Gasteiger partial charge is 0.394 e. The van der Waals surface area contributed by atoms with Crippen molar-refractivity contribution in [1.82, 2.24) is 5.32 Å². The summed E-state index contributed by atoms with van der Waals surface area (Å²) in [6.07, 6.45) is 74.2. The molecule has 2 unspecified atom stereocenters. The van der Waals surface area contributed by atoms with Gasteiger partial charge in [-0.2, -0.15) is 0 Å². The van der Waals surface area contributed by atoms with Crippen LogP contribution in [0.25, 0.3) is 0 Å². The number of carbonyl (C=O) groups excluding carboxylic acids is 1. The normalized spacial score (nSPS) is 13.2. The second-order valence-electron chi connectivity index (χ2n) is 19.0. The Morgan fingerprint density at radius 3 is 1.05 bits per heavy atom. The Morgan fingerprint density at radius 2 is 0.677 bits per heavy atom. The third kappa shape index (κ3) is 49.4. The average molecular weight is 869 g/mol. The lowest BCUT2D eigenvalue weighted by Crippen LogP contribution is -2.45. The molecule has 4 heteroatoms. The molecule has 364 valence electrons. The van der Waals surface area contributed by atoms with Gasteiger partial charge in [-0.3, -0.25) is 4.79 Å². The Kier molecular flexibility index (Phi) is 52.3. The van der Waals surface area contributed by atoms with E-state index in [9.17, 15) is 15.0 Å². The molecule has 0 aliphatic heterocycles. The van der Waals surface area contributed by atoms with Crippen LogP contribution in [0.4, 0.5) is 0 Å². The Bertz CT molecular complexity index is 985. The van der Waals surface area contributed by atoms with E-state index in [-0.39, 0.29) is 12.5 Å². The Balaban J connectivity index is 3.51.